The molecular weight excluding hydrogens is 282 g/mol. The molecule has 0 aromatic heterocycles. The first-order chi connectivity index (χ1) is 9.90. The summed E-state index contributed by atoms with van der Waals surface area (Å²) in [7, 11) is 1.72. The predicted octanol–water partition coefficient (Wildman–Crippen LogP) is 2.49. The quantitative estimate of drug-likeness (QED) is 0.848. The van der Waals surface area contributed by atoms with Crippen molar-refractivity contribution in [1.29, 1.82) is 0 Å². The number of piperazine rings is 1. The van der Waals surface area contributed by atoms with Crippen LogP contribution in [-0.2, 0) is 0 Å². The maximum absolute atomic E-state index is 5.50. The molecule has 4 nitrogen and oxygen atoms in total. The lowest BCUT2D eigenvalue weighted by atomic mass is 10.1. The van der Waals surface area contributed by atoms with Gasteiger partial charge in [0.2, 0.25) is 0 Å². The molecule has 0 unspecified atom stereocenters. The summed E-state index contributed by atoms with van der Waals surface area (Å²) in [4.78, 5) is 4.60. The Bertz CT molecular complexity index is 491. The summed E-state index contributed by atoms with van der Waals surface area (Å²) in [6, 6.07) is 8.17. The van der Waals surface area contributed by atoms with Gasteiger partial charge in [0.25, 0.3) is 0 Å². The fourth-order valence-electron chi connectivity index (χ4n) is 2.44. The zero-order valence-corrected chi connectivity index (χ0v) is 14.2. The number of rotatable bonds is 2. The molecule has 1 fully saturated rings. The molecule has 1 aromatic carbocycles. The van der Waals surface area contributed by atoms with Crippen molar-refractivity contribution in [1.82, 2.24) is 10.2 Å². The van der Waals surface area contributed by atoms with Crippen molar-refractivity contribution in [2.45, 2.75) is 26.3 Å². The third-order valence-electron chi connectivity index (χ3n) is 3.47. The lowest BCUT2D eigenvalue weighted by molar-refractivity contribution is 0.359. The van der Waals surface area contributed by atoms with Gasteiger partial charge in [0, 0.05) is 31.7 Å². The molecule has 21 heavy (non-hydrogen) atoms. The molecule has 0 spiro atoms. The Kier molecular flexibility index (Phi) is 4.93. The number of ether oxygens (including phenoxy) is 1. The number of nitrogens with one attached hydrogen (secondary N) is 1. The zero-order chi connectivity index (χ0) is 15.5. The largest absolute Gasteiger partial charge is 0.495 e. The Morgan fingerprint density at radius 3 is 2.33 bits per heavy atom. The molecule has 1 heterocycles. The Hall–Kier alpha value is -1.49. The standard InChI is InChI=1S/C16H25N3OS/c1-16(2,3)17-15(21)19-11-9-18(10-12-19)13-7-5-6-8-14(13)20-4/h5-8H,9-12H2,1-4H3,(H,17,21). The SMILES string of the molecule is COc1ccccc1N1CCN(C(=S)NC(C)(C)C)CC1. The minimum absolute atomic E-state index is 0.0108. The van der Waals surface area contributed by atoms with Gasteiger partial charge in [-0.3, -0.25) is 0 Å². The summed E-state index contributed by atoms with van der Waals surface area (Å²) >= 11 is 5.50. The molecular formula is C16H25N3OS. The first-order valence-electron chi connectivity index (χ1n) is 7.36. The minimum Gasteiger partial charge on any atom is -0.495 e. The Balaban J connectivity index is 1.96. The summed E-state index contributed by atoms with van der Waals surface area (Å²) in [6.45, 7) is 10.2. The average Bonchev–Trinajstić information content (AvgIpc) is 2.45. The van der Waals surface area contributed by atoms with E-state index in [-0.39, 0.29) is 5.54 Å². The molecule has 5 heteroatoms. The molecule has 0 aliphatic carbocycles. The van der Waals surface area contributed by atoms with Gasteiger partial charge in [-0.1, -0.05) is 12.1 Å². The maximum atomic E-state index is 5.50. The van der Waals surface area contributed by atoms with Crippen LogP contribution >= 0.6 is 12.2 Å². The molecule has 1 aliphatic heterocycles. The second kappa shape index (κ2) is 6.52. The first kappa shape index (κ1) is 15.9. The summed E-state index contributed by atoms with van der Waals surface area (Å²) < 4.78 is 5.45. The number of hydrogen-bond donors (Lipinski definition) is 1. The zero-order valence-electron chi connectivity index (χ0n) is 13.3. The molecule has 1 aromatic rings. The van der Waals surface area contributed by atoms with E-state index in [1.807, 2.05) is 12.1 Å². The smallest absolute Gasteiger partial charge is 0.169 e. The molecule has 0 bridgehead atoms. The van der Waals surface area contributed by atoms with Crippen LogP contribution in [0.1, 0.15) is 20.8 Å². The van der Waals surface area contributed by atoms with Crippen LogP contribution in [0.2, 0.25) is 0 Å². The van der Waals surface area contributed by atoms with Crippen LogP contribution in [0.3, 0.4) is 0 Å². The van der Waals surface area contributed by atoms with Crippen molar-refractivity contribution in [3.05, 3.63) is 24.3 Å². The lowest BCUT2D eigenvalue weighted by Gasteiger charge is -2.39. The molecule has 1 N–H and O–H groups in total. The van der Waals surface area contributed by atoms with Gasteiger partial charge < -0.3 is 19.9 Å². The van der Waals surface area contributed by atoms with Crippen molar-refractivity contribution in [3.8, 4) is 5.75 Å². The van der Waals surface area contributed by atoms with E-state index in [2.05, 4.69) is 48.0 Å². The van der Waals surface area contributed by atoms with Gasteiger partial charge in [-0.15, -0.1) is 0 Å². The minimum atomic E-state index is 0.0108. The fourth-order valence-corrected chi connectivity index (χ4v) is 2.93. The van der Waals surface area contributed by atoms with E-state index in [9.17, 15) is 0 Å². The highest BCUT2D eigenvalue weighted by Crippen LogP contribution is 2.28. The molecule has 2 rings (SSSR count). The second-order valence-electron chi connectivity index (χ2n) is 6.33. The number of benzene rings is 1. The number of anilines is 1. The molecule has 0 radical (unpaired) electrons. The third kappa shape index (κ3) is 4.24. The summed E-state index contributed by atoms with van der Waals surface area (Å²) in [5, 5.41) is 4.23. The highest BCUT2D eigenvalue weighted by Gasteiger charge is 2.22. The van der Waals surface area contributed by atoms with Gasteiger partial charge in [-0.25, -0.2) is 0 Å². The highest BCUT2D eigenvalue weighted by atomic mass is 32.1. The monoisotopic (exact) mass is 307 g/mol. The lowest BCUT2D eigenvalue weighted by Crippen LogP contribution is -2.55. The van der Waals surface area contributed by atoms with Crippen molar-refractivity contribution in [3.63, 3.8) is 0 Å². The van der Waals surface area contributed by atoms with Gasteiger partial charge in [-0.05, 0) is 45.1 Å². The average molecular weight is 307 g/mol. The second-order valence-corrected chi connectivity index (χ2v) is 6.71. The Morgan fingerprint density at radius 1 is 1.14 bits per heavy atom. The normalized spacial score (nSPS) is 15.8. The van der Waals surface area contributed by atoms with E-state index in [1.54, 1.807) is 7.11 Å². The van der Waals surface area contributed by atoms with Crippen LogP contribution in [0.15, 0.2) is 24.3 Å². The van der Waals surface area contributed by atoms with Crippen LogP contribution < -0.4 is 15.0 Å². The molecule has 0 amide bonds. The fraction of sp³-hybridized carbons (Fsp3) is 0.562. The number of thiocarbonyl (C=S) groups is 1. The maximum Gasteiger partial charge on any atom is 0.169 e. The number of para-hydroxylation sites is 2. The van der Waals surface area contributed by atoms with Crippen molar-refractivity contribution >= 4 is 23.0 Å². The topological polar surface area (TPSA) is 27.7 Å². The van der Waals surface area contributed by atoms with Crippen LogP contribution in [0, 0.1) is 0 Å². The third-order valence-corrected chi connectivity index (χ3v) is 3.83. The molecule has 0 saturated carbocycles. The van der Waals surface area contributed by atoms with Crippen molar-refractivity contribution in [2.75, 3.05) is 38.2 Å². The van der Waals surface area contributed by atoms with Gasteiger partial charge >= 0.3 is 0 Å². The van der Waals surface area contributed by atoms with E-state index in [0.29, 0.717) is 0 Å². The molecule has 116 valence electrons. The van der Waals surface area contributed by atoms with Crippen LogP contribution in [-0.4, -0.2) is 48.8 Å². The van der Waals surface area contributed by atoms with Crippen molar-refractivity contribution < 1.29 is 4.74 Å². The number of nitrogens with zero attached hydrogens (tertiary/aromatic N) is 2. The van der Waals surface area contributed by atoms with E-state index >= 15 is 0 Å². The van der Waals surface area contributed by atoms with Crippen LogP contribution in [0.25, 0.3) is 0 Å². The van der Waals surface area contributed by atoms with Gasteiger partial charge in [0.1, 0.15) is 5.75 Å². The predicted molar refractivity (Wildman–Crippen MR) is 92.3 cm³/mol. The van der Waals surface area contributed by atoms with E-state index < -0.39 is 0 Å². The number of hydrogen-bond acceptors (Lipinski definition) is 3. The van der Waals surface area contributed by atoms with E-state index in [0.717, 1.165) is 42.7 Å². The summed E-state index contributed by atoms with van der Waals surface area (Å²) in [5.41, 5.74) is 1.17. The Labute approximate surface area is 133 Å². The molecule has 0 atom stereocenters. The van der Waals surface area contributed by atoms with E-state index in [1.165, 1.54) is 0 Å². The van der Waals surface area contributed by atoms with Gasteiger partial charge in [0.15, 0.2) is 5.11 Å². The number of methoxy groups -OCH3 is 1. The highest BCUT2D eigenvalue weighted by molar-refractivity contribution is 7.80. The summed E-state index contributed by atoms with van der Waals surface area (Å²) in [5.74, 6) is 0.932. The van der Waals surface area contributed by atoms with Crippen molar-refractivity contribution in [2.24, 2.45) is 0 Å². The first-order valence-corrected chi connectivity index (χ1v) is 7.76. The van der Waals surface area contributed by atoms with Crippen LogP contribution in [0.5, 0.6) is 5.75 Å². The molecule has 1 aliphatic rings. The van der Waals surface area contributed by atoms with Crippen LogP contribution in [0.4, 0.5) is 5.69 Å². The van der Waals surface area contributed by atoms with E-state index in [4.69, 9.17) is 17.0 Å². The van der Waals surface area contributed by atoms with Gasteiger partial charge in [-0.2, -0.15) is 0 Å². The van der Waals surface area contributed by atoms with Gasteiger partial charge in [0.05, 0.1) is 12.8 Å². The molecule has 1 saturated heterocycles. The Morgan fingerprint density at radius 2 is 1.76 bits per heavy atom. The summed E-state index contributed by atoms with van der Waals surface area (Å²) in [6.07, 6.45) is 0.